The third-order valence-corrected chi connectivity index (χ3v) is 3.90. The van der Waals surface area contributed by atoms with Gasteiger partial charge in [-0.3, -0.25) is 0 Å². The van der Waals surface area contributed by atoms with Crippen LogP contribution in [0.3, 0.4) is 0 Å². The zero-order valence-corrected chi connectivity index (χ0v) is 12.1. The van der Waals surface area contributed by atoms with Crippen LogP contribution in [0.1, 0.15) is 17.2 Å². The molecule has 1 atom stereocenters. The SMILES string of the molecule is COc1ccc(C(O)c2ccc(Cl)c(Br)c2)cc1. The molecule has 2 nitrogen and oxygen atoms in total. The highest BCUT2D eigenvalue weighted by atomic mass is 79.9. The van der Waals surface area contributed by atoms with Crippen molar-refractivity contribution in [3.63, 3.8) is 0 Å². The first-order chi connectivity index (χ1) is 8.61. The average Bonchev–Trinajstić information content (AvgIpc) is 2.41. The topological polar surface area (TPSA) is 29.5 Å². The maximum atomic E-state index is 10.3. The number of halogens is 2. The second-order valence-corrected chi connectivity index (χ2v) is 5.11. The largest absolute Gasteiger partial charge is 0.497 e. The van der Waals surface area contributed by atoms with Gasteiger partial charge in [0.05, 0.1) is 12.1 Å². The molecule has 18 heavy (non-hydrogen) atoms. The molecule has 0 heterocycles. The number of benzene rings is 2. The molecule has 0 aromatic heterocycles. The number of methoxy groups -OCH3 is 1. The number of hydrogen-bond donors (Lipinski definition) is 1. The molecule has 0 aliphatic carbocycles. The Morgan fingerprint density at radius 1 is 1.11 bits per heavy atom. The van der Waals surface area contributed by atoms with Crippen molar-refractivity contribution < 1.29 is 9.84 Å². The summed E-state index contributed by atoms with van der Waals surface area (Å²) < 4.78 is 5.86. The van der Waals surface area contributed by atoms with Crippen molar-refractivity contribution in [2.75, 3.05) is 7.11 Å². The standard InChI is InChI=1S/C14H12BrClO2/c1-18-11-5-2-9(3-6-11)14(17)10-4-7-13(16)12(15)8-10/h2-8,14,17H,1H3. The maximum Gasteiger partial charge on any atom is 0.118 e. The molecule has 1 unspecified atom stereocenters. The number of rotatable bonds is 3. The summed E-state index contributed by atoms with van der Waals surface area (Å²) >= 11 is 9.27. The molecule has 2 aromatic carbocycles. The Kier molecular flexibility index (Phi) is 4.27. The van der Waals surface area contributed by atoms with E-state index in [2.05, 4.69) is 15.9 Å². The van der Waals surface area contributed by atoms with Crippen LogP contribution < -0.4 is 4.74 Å². The Morgan fingerprint density at radius 2 is 1.72 bits per heavy atom. The van der Waals surface area contributed by atoms with E-state index in [1.165, 1.54) is 0 Å². The van der Waals surface area contributed by atoms with E-state index in [4.69, 9.17) is 16.3 Å². The lowest BCUT2D eigenvalue weighted by Gasteiger charge is -2.12. The van der Waals surface area contributed by atoms with Crippen LogP contribution in [-0.2, 0) is 0 Å². The van der Waals surface area contributed by atoms with Gasteiger partial charge in [0.2, 0.25) is 0 Å². The Balaban J connectivity index is 2.28. The van der Waals surface area contributed by atoms with Crippen molar-refractivity contribution in [3.8, 4) is 5.75 Å². The molecule has 2 rings (SSSR count). The van der Waals surface area contributed by atoms with Crippen LogP contribution in [0.2, 0.25) is 5.02 Å². The fourth-order valence-electron chi connectivity index (χ4n) is 1.66. The van der Waals surface area contributed by atoms with E-state index in [9.17, 15) is 5.11 Å². The molecule has 0 fully saturated rings. The molecular weight excluding hydrogens is 316 g/mol. The van der Waals surface area contributed by atoms with E-state index < -0.39 is 6.10 Å². The minimum absolute atomic E-state index is 0.626. The Morgan fingerprint density at radius 3 is 2.28 bits per heavy atom. The molecule has 0 aliphatic heterocycles. The third kappa shape index (κ3) is 2.86. The lowest BCUT2D eigenvalue weighted by atomic mass is 10.0. The van der Waals surface area contributed by atoms with Crippen molar-refractivity contribution in [2.45, 2.75) is 6.10 Å². The van der Waals surface area contributed by atoms with Crippen molar-refractivity contribution in [2.24, 2.45) is 0 Å². The number of aliphatic hydroxyl groups excluding tert-OH is 1. The van der Waals surface area contributed by atoms with E-state index in [1.54, 1.807) is 13.2 Å². The lowest BCUT2D eigenvalue weighted by molar-refractivity contribution is 0.220. The molecule has 0 bridgehead atoms. The molecule has 0 amide bonds. The first kappa shape index (κ1) is 13.4. The third-order valence-electron chi connectivity index (χ3n) is 2.69. The minimum atomic E-state index is -0.676. The quantitative estimate of drug-likeness (QED) is 0.916. The van der Waals surface area contributed by atoms with Gasteiger partial charge in [0, 0.05) is 4.47 Å². The van der Waals surface area contributed by atoms with Crippen LogP contribution in [0, 0.1) is 0 Å². The Labute approximate surface area is 119 Å². The average molecular weight is 328 g/mol. The summed E-state index contributed by atoms with van der Waals surface area (Å²) in [6, 6.07) is 12.7. The van der Waals surface area contributed by atoms with E-state index in [1.807, 2.05) is 36.4 Å². The van der Waals surface area contributed by atoms with Crippen LogP contribution in [-0.4, -0.2) is 12.2 Å². The second-order valence-electron chi connectivity index (χ2n) is 3.85. The molecule has 4 heteroatoms. The number of ether oxygens (including phenoxy) is 1. The number of aliphatic hydroxyl groups is 1. The number of hydrogen-bond acceptors (Lipinski definition) is 2. The van der Waals surface area contributed by atoms with Gasteiger partial charge in [-0.15, -0.1) is 0 Å². The molecule has 0 saturated carbocycles. The van der Waals surface area contributed by atoms with E-state index >= 15 is 0 Å². The predicted octanol–water partition coefficient (Wildman–Crippen LogP) is 4.19. The van der Waals surface area contributed by atoms with E-state index in [-0.39, 0.29) is 0 Å². The van der Waals surface area contributed by atoms with Crippen molar-refractivity contribution in [1.82, 2.24) is 0 Å². The molecule has 0 radical (unpaired) electrons. The summed E-state index contributed by atoms with van der Waals surface area (Å²) in [5, 5.41) is 10.9. The highest BCUT2D eigenvalue weighted by Gasteiger charge is 2.11. The van der Waals surface area contributed by atoms with Gasteiger partial charge in [-0.2, -0.15) is 0 Å². The molecule has 1 N–H and O–H groups in total. The van der Waals surface area contributed by atoms with Crippen LogP contribution in [0.15, 0.2) is 46.9 Å². The Hall–Kier alpha value is -1.03. The monoisotopic (exact) mass is 326 g/mol. The van der Waals surface area contributed by atoms with Crippen molar-refractivity contribution >= 4 is 27.5 Å². The van der Waals surface area contributed by atoms with Gasteiger partial charge < -0.3 is 9.84 Å². The van der Waals surface area contributed by atoms with Gasteiger partial charge in [-0.05, 0) is 51.3 Å². The molecular formula is C14H12BrClO2. The van der Waals surface area contributed by atoms with Gasteiger partial charge in [-0.25, -0.2) is 0 Å². The highest BCUT2D eigenvalue weighted by molar-refractivity contribution is 9.10. The van der Waals surface area contributed by atoms with E-state index in [0.717, 1.165) is 21.3 Å². The maximum absolute atomic E-state index is 10.3. The van der Waals surface area contributed by atoms with Gasteiger partial charge in [0.1, 0.15) is 11.9 Å². The van der Waals surface area contributed by atoms with Crippen molar-refractivity contribution in [1.29, 1.82) is 0 Å². The molecule has 0 spiro atoms. The second kappa shape index (κ2) is 5.74. The molecule has 94 valence electrons. The molecule has 0 aliphatic rings. The smallest absolute Gasteiger partial charge is 0.118 e. The first-order valence-corrected chi connectivity index (χ1v) is 6.56. The van der Waals surface area contributed by atoms with Crippen LogP contribution in [0.5, 0.6) is 5.75 Å². The molecule has 2 aromatic rings. The highest BCUT2D eigenvalue weighted by Crippen LogP contribution is 2.29. The summed E-state index contributed by atoms with van der Waals surface area (Å²) in [6.07, 6.45) is -0.676. The van der Waals surface area contributed by atoms with Crippen LogP contribution in [0.4, 0.5) is 0 Å². The molecule has 0 saturated heterocycles. The lowest BCUT2D eigenvalue weighted by Crippen LogP contribution is -1.99. The van der Waals surface area contributed by atoms with Crippen molar-refractivity contribution in [3.05, 3.63) is 63.1 Å². The van der Waals surface area contributed by atoms with Gasteiger partial charge in [-0.1, -0.05) is 29.8 Å². The zero-order chi connectivity index (χ0) is 13.1. The fourth-order valence-corrected chi connectivity index (χ4v) is 2.18. The summed E-state index contributed by atoms with van der Waals surface area (Å²) in [7, 11) is 1.61. The van der Waals surface area contributed by atoms with E-state index in [0.29, 0.717) is 5.02 Å². The van der Waals surface area contributed by atoms with Gasteiger partial charge >= 0.3 is 0 Å². The Bertz CT molecular complexity index is 540. The van der Waals surface area contributed by atoms with Gasteiger partial charge in [0.15, 0.2) is 0 Å². The van der Waals surface area contributed by atoms with Gasteiger partial charge in [0.25, 0.3) is 0 Å². The minimum Gasteiger partial charge on any atom is -0.497 e. The summed E-state index contributed by atoms with van der Waals surface area (Å²) in [4.78, 5) is 0. The van der Waals surface area contributed by atoms with Crippen LogP contribution >= 0.6 is 27.5 Å². The summed E-state index contributed by atoms with van der Waals surface area (Å²) in [6.45, 7) is 0. The summed E-state index contributed by atoms with van der Waals surface area (Å²) in [5.41, 5.74) is 1.60. The first-order valence-electron chi connectivity index (χ1n) is 5.39. The fraction of sp³-hybridized carbons (Fsp3) is 0.143. The zero-order valence-electron chi connectivity index (χ0n) is 9.73. The predicted molar refractivity (Wildman–Crippen MR) is 76.2 cm³/mol. The normalized spacial score (nSPS) is 12.2. The summed E-state index contributed by atoms with van der Waals surface area (Å²) in [5.74, 6) is 0.767. The van der Waals surface area contributed by atoms with Crippen LogP contribution in [0.25, 0.3) is 0 Å².